The number of hydrazone groups is 1. The molecule has 1 heterocycles. The van der Waals surface area contributed by atoms with Crippen LogP contribution in [0.1, 0.15) is 12.5 Å². The number of hydrogen-bond donors (Lipinski definition) is 1. The Balaban J connectivity index is 1.59. The van der Waals surface area contributed by atoms with Crippen molar-refractivity contribution < 1.29 is 19.1 Å². The highest BCUT2D eigenvalue weighted by atomic mass is 79.9. The van der Waals surface area contributed by atoms with Crippen molar-refractivity contribution in [2.24, 2.45) is 5.10 Å². The van der Waals surface area contributed by atoms with Crippen molar-refractivity contribution in [3.8, 4) is 11.5 Å². The molecule has 1 aromatic heterocycles. The summed E-state index contributed by atoms with van der Waals surface area (Å²) in [6.45, 7) is 1.12. The minimum absolute atomic E-state index is 0.203. The summed E-state index contributed by atoms with van der Waals surface area (Å²) in [5, 5.41) is 4.85. The van der Waals surface area contributed by atoms with Crippen molar-refractivity contribution in [3.05, 3.63) is 63.2 Å². The molecule has 3 aromatic rings. The van der Waals surface area contributed by atoms with E-state index in [-0.39, 0.29) is 6.61 Å². The van der Waals surface area contributed by atoms with Gasteiger partial charge in [-0.15, -0.1) is 0 Å². The number of amides is 1. The number of esters is 1. The van der Waals surface area contributed by atoms with Crippen molar-refractivity contribution in [2.75, 3.05) is 6.61 Å². The average Bonchev–Trinajstić information content (AvgIpc) is 2.69. The van der Waals surface area contributed by atoms with Gasteiger partial charge in [0, 0.05) is 18.5 Å². The van der Waals surface area contributed by atoms with Crippen LogP contribution < -0.4 is 14.9 Å². The zero-order valence-corrected chi connectivity index (χ0v) is 18.4. The number of carbonyl (C=O) groups is 2. The van der Waals surface area contributed by atoms with Crippen LogP contribution in [-0.4, -0.2) is 29.7 Å². The molecule has 9 heteroatoms. The van der Waals surface area contributed by atoms with Crippen LogP contribution in [0.2, 0.25) is 0 Å². The van der Waals surface area contributed by atoms with Crippen LogP contribution in [0.4, 0.5) is 0 Å². The van der Waals surface area contributed by atoms with Gasteiger partial charge in [-0.3, -0.25) is 14.6 Å². The van der Waals surface area contributed by atoms with Crippen LogP contribution in [-0.2, 0) is 9.59 Å². The molecule has 1 amide bonds. The summed E-state index contributed by atoms with van der Waals surface area (Å²) in [4.78, 5) is 27.4. The summed E-state index contributed by atoms with van der Waals surface area (Å²) in [5.74, 6) is 0.0530. The highest BCUT2D eigenvalue weighted by molar-refractivity contribution is 9.11. The summed E-state index contributed by atoms with van der Waals surface area (Å²) in [6, 6.07) is 12.7. The number of fused-ring (bicyclic) bond motifs is 1. The van der Waals surface area contributed by atoms with Gasteiger partial charge in [0.1, 0.15) is 11.3 Å². The molecule has 0 aliphatic carbocycles. The second-order valence-electron chi connectivity index (χ2n) is 5.82. The molecule has 0 saturated heterocycles. The van der Waals surface area contributed by atoms with Gasteiger partial charge in [-0.1, -0.05) is 18.2 Å². The third kappa shape index (κ3) is 5.61. The standard InChI is InChI=1S/C20H15Br2N3O4/c1-12(26)29-20-15(21)8-13(9-16(20)22)10-24-25-18(27)11-28-17-6-2-4-14-5-3-7-23-19(14)17/h2-10H,11H2,1H3,(H,25,27)/b24-10-. The highest BCUT2D eigenvalue weighted by Crippen LogP contribution is 2.34. The molecule has 0 bridgehead atoms. The first-order valence-corrected chi connectivity index (χ1v) is 9.98. The molecule has 7 nitrogen and oxygen atoms in total. The lowest BCUT2D eigenvalue weighted by molar-refractivity contribution is -0.132. The fourth-order valence-electron chi connectivity index (χ4n) is 2.44. The molecule has 0 spiro atoms. The number of para-hydroxylation sites is 1. The Morgan fingerprint density at radius 3 is 2.62 bits per heavy atom. The fraction of sp³-hybridized carbons (Fsp3) is 0.100. The van der Waals surface area contributed by atoms with E-state index in [0.29, 0.717) is 31.5 Å². The van der Waals surface area contributed by atoms with Crippen molar-refractivity contribution in [3.63, 3.8) is 0 Å². The summed E-state index contributed by atoms with van der Waals surface area (Å²) in [6.07, 6.45) is 3.13. The van der Waals surface area contributed by atoms with Gasteiger partial charge in [-0.05, 0) is 61.7 Å². The number of hydrogen-bond acceptors (Lipinski definition) is 6. The van der Waals surface area contributed by atoms with Gasteiger partial charge in [0.15, 0.2) is 12.4 Å². The Kier molecular flexibility index (Phi) is 6.95. The van der Waals surface area contributed by atoms with Crippen molar-refractivity contribution in [1.82, 2.24) is 10.4 Å². The number of carbonyl (C=O) groups excluding carboxylic acids is 2. The van der Waals surface area contributed by atoms with Crippen LogP contribution in [0.3, 0.4) is 0 Å². The third-order valence-electron chi connectivity index (χ3n) is 3.62. The number of aromatic nitrogens is 1. The van der Waals surface area contributed by atoms with Gasteiger partial charge in [-0.25, -0.2) is 5.43 Å². The van der Waals surface area contributed by atoms with Crippen molar-refractivity contribution in [2.45, 2.75) is 6.92 Å². The molecule has 0 radical (unpaired) electrons. The topological polar surface area (TPSA) is 89.9 Å². The SMILES string of the molecule is CC(=O)Oc1c(Br)cc(/C=N\NC(=O)COc2cccc3cccnc23)cc1Br. The molecule has 0 fully saturated rings. The van der Waals surface area contributed by atoms with Crippen molar-refractivity contribution >= 4 is 60.9 Å². The third-order valence-corrected chi connectivity index (χ3v) is 4.80. The molecule has 29 heavy (non-hydrogen) atoms. The smallest absolute Gasteiger partial charge is 0.308 e. The number of nitrogens with zero attached hydrogens (tertiary/aromatic N) is 2. The highest BCUT2D eigenvalue weighted by Gasteiger charge is 2.11. The van der Waals surface area contributed by atoms with E-state index in [2.05, 4.69) is 47.4 Å². The van der Waals surface area contributed by atoms with E-state index in [1.165, 1.54) is 13.1 Å². The minimum Gasteiger partial charge on any atom is -0.481 e. The Morgan fingerprint density at radius 1 is 1.17 bits per heavy atom. The first kappa shape index (κ1) is 20.9. The average molecular weight is 521 g/mol. The Morgan fingerprint density at radius 2 is 1.90 bits per heavy atom. The van der Waals surface area contributed by atoms with E-state index < -0.39 is 11.9 Å². The summed E-state index contributed by atoms with van der Waals surface area (Å²) in [5.41, 5.74) is 3.77. The van der Waals surface area contributed by atoms with Crippen LogP contribution in [0.5, 0.6) is 11.5 Å². The number of halogens is 2. The minimum atomic E-state index is -0.429. The maximum absolute atomic E-state index is 12.0. The Hall–Kier alpha value is -2.78. The van der Waals surface area contributed by atoms with Gasteiger partial charge in [0.05, 0.1) is 15.2 Å². The monoisotopic (exact) mass is 519 g/mol. The van der Waals surface area contributed by atoms with E-state index in [1.807, 2.05) is 24.3 Å². The number of rotatable bonds is 6. The van der Waals surface area contributed by atoms with Crippen LogP contribution in [0.15, 0.2) is 62.7 Å². The molecule has 0 saturated carbocycles. The molecule has 1 N–H and O–H groups in total. The lowest BCUT2D eigenvalue weighted by Crippen LogP contribution is -2.24. The maximum atomic E-state index is 12.0. The second kappa shape index (κ2) is 9.62. The van der Waals surface area contributed by atoms with E-state index in [0.717, 1.165) is 5.39 Å². The maximum Gasteiger partial charge on any atom is 0.308 e. The summed E-state index contributed by atoms with van der Waals surface area (Å²) < 4.78 is 11.8. The molecule has 0 atom stereocenters. The quantitative estimate of drug-likeness (QED) is 0.227. The van der Waals surface area contributed by atoms with Gasteiger partial charge in [-0.2, -0.15) is 5.10 Å². The van der Waals surface area contributed by atoms with E-state index in [4.69, 9.17) is 9.47 Å². The molecule has 0 aliphatic rings. The lowest BCUT2D eigenvalue weighted by Gasteiger charge is -2.08. The summed E-state index contributed by atoms with van der Waals surface area (Å²) in [7, 11) is 0. The van der Waals surface area contributed by atoms with E-state index in [1.54, 1.807) is 24.4 Å². The predicted molar refractivity (Wildman–Crippen MR) is 116 cm³/mol. The number of nitrogens with one attached hydrogen (secondary N) is 1. The Labute approximate surface area is 183 Å². The lowest BCUT2D eigenvalue weighted by atomic mass is 10.2. The van der Waals surface area contributed by atoms with Crippen molar-refractivity contribution in [1.29, 1.82) is 0 Å². The second-order valence-corrected chi connectivity index (χ2v) is 7.53. The zero-order chi connectivity index (χ0) is 20.8. The zero-order valence-electron chi connectivity index (χ0n) is 15.2. The molecular weight excluding hydrogens is 506 g/mol. The van der Waals surface area contributed by atoms with Crippen LogP contribution in [0, 0.1) is 0 Å². The summed E-state index contributed by atoms with van der Waals surface area (Å²) >= 11 is 6.67. The molecule has 148 valence electrons. The molecule has 0 aliphatic heterocycles. The molecular formula is C20H15Br2N3O4. The number of ether oxygens (including phenoxy) is 2. The first-order valence-electron chi connectivity index (χ1n) is 8.40. The van der Waals surface area contributed by atoms with Gasteiger partial charge < -0.3 is 9.47 Å². The van der Waals surface area contributed by atoms with E-state index >= 15 is 0 Å². The molecule has 2 aromatic carbocycles. The van der Waals surface area contributed by atoms with E-state index in [9.17, 15) is 9.59 Å². The largest absolute Gasteiger partial charge is 0.481 e. The first-order chi connectivity index (χ1) is 13.9. The van der Waals surface area contributed by atoms with Crippen LogP contribution >= 0.6 is 31.9 Å². The van der Waals surface area contributed by atoms with Gasteiger partial charge in [0.2, 0.25) is 0 Å². The number of benzene rings is 2. The molecule has 0 unspecified atom stereocenters. The number of pyridine rings is 1. The normalized spacial score (nSPS) is 10.9. The van der Waals surface area contributed by atoms with Crippen LogP contribution in [0.25, 0.3) is 10.9 Å². The molecule has 3 rings (SSSR count). The predicted octanol–water partition coefficient (Wildman–Crippen LogP) is 4.21. The van der Waals surface area contributed by atoms with Gasteiger partial charge in [0.25, 0.3) is 5.91 Å². The Bertz CT molecular complexity index is 1070. The van der Waals surface area contributed by atoms with Gasteiger partial charge >= 0.3 is 5.97 Å². The fourth-order valence-corrected chi connectivity index (χ4v) is 3.83.